The van der Waals surface area contributed by atoms with Gasteiger partial charge in [0.15, 0.2) is 5.78 Å². The highest BCUT2D eigenvalue weighted by Gasteiger charge is 2.64. The van der Waals surface area contributed by atoms with Crippen molar-refractivity contribution in [1.82, 2.24) is 10.6 Å². The van der Waals surface area contributed by atoms with Gasteiger partial charge in [0.25, 0.3) is 0 Å². The second kappa shape index (κ2) is 19.2. The lowest BCUT2D eigenvalue weighted by Gasteiger charge is -2.55. The van der Waals surface area contributed by atoms with Crippen molar-refractivity contribution in [3.05, 3.63) is 93.6 Å². The van der Waals surface area contributed by atoms with E-state index in [1.54, 1.807) is 6.92 Å². The summed E-state index contributed by atoms with van der Waals surface area (Å²) in [5.41, 5.74) is 10.8. The second-order valence-corrected chi connectivity index (χ2v) is 16.5. The molecule has 0 bridgehead atoms. The number of fused-ring (bicyclic) bond motifs is 1. The highest BCUT2D eigenvalue weighted by molar-refractivity contribution is 5.98. The third-order valence-corrected chi connectivity index (χ3v) is 12.6. The number of carbonyl (C=O) groups excluding carboxylic acids is 2. The highest BCUT2D eigenvalue weighted by Crippen LogP contribution is 2.63. The summed E-state index contributed by atoms with van der Waals surface area (Å²) >= 11 is 0. The number of amides is 1. The number of carbonyl (C=O) groups is 2. The molecule has 2 fully saturated rings. The van der Waals surface area contributed by atoms with E-state index < -0.39 is 35.4 Å². The van der Waals surface area contributed by atoms with Gasteiger partial charge in [0.05, 0.1) is 24.4 Å². The first-order valence-corrected chi connectivity index (χ1v) is 20.3. The van der Waals surface area contributed by atoms with Crippen LogP contribution >= 0.6 is 0 Å². The Labute approximate surface area is 333 Å². The molecule has 10 heteroatoms. The molecular formula is C46H63N3O7. The fraction of sp³-hybridized carbons (Fsp3) is 0.565. The Kier molecular flexibility index (Phi) is 14.9. The van der Waals surface area contributed by atoms with E-state index in [0.29, 0.717) is 67.2 Å². The zero-order valence-corrected chi connectivity index (χ0v) is 33.7. The van der Waals surface area contributed by atoms with Crippen molar-refractivity contribution >= 4 is 11.7 Å². The van der Waals surface area contributed by atoms with E-state index in [-0.39, 0.29) is 56.3 Å². The zero-order valence-electron chi connectivity index (χ0n) is 33.7. The molecule has 10 nitrogen and oxygen atoms in total. The number of ketones is 1. The van der Waals surface area contributed by atoms with Crippen LogP contribution in [0.4, 0.5) is 0 Å². The molecule has 0 aromatic heterocycles. The third-order valence-electron chi connectivity index (χ3n) is 12.6. The van der Waals surface area contributed by atoms with Crippen molar-refractivity contribution in [3.8, 4) is 11.8 Å². The van der Waals surface area contributed by atoms with Gasteiger partial charge in [-0.25, -0.2) is 0 Å². The van der Waals surface area contributed by atoms with E-state index in [1.807, 2.05) is 50.3 Å². The maximum absolute atomic E-state index is 14.4. The van der Waals surface area contributed by atoms with Crippen LogP contribution in [0.1, 0.15) is 114 Å². The van der Waals surface area contributed by atoms with Crippen molar-refractivity contribution in [2.75, 3.05) is 26.4 Å². The quantitative estimate of drug-likeness (QED) is 0.0972. The minimum atomic E-state index is -1.25. The van der Waals surface area contributed by atoms with Crippen LogP contribution < -0.4 is 16.4 Å². The minimum absolute atomic E-state index is 0.0209. The van der Waals surface area contributed by atoms with Crippen LogP contribution in [-0.2, 0) is 20.7 Å². The fourth-order valence-corrected chi connectivity index (χ4v) is 9.61. The predicted octanol–water partition coefficient (Wildman–Crippen LogP) is 5.09. The Morgan fingerprint density at radius 3 is 2.77 bits per heavy atom. The van der Waals surface area contributed by atoms with E-state index in [4.69, 9.17) is 10.5 Å². The van der Waals surface area contributed by atoms with Gasteiger partial charge in [0.1, 0.15) is 18.8 Å². The molecular weight excluding hydrogens is 707 g/mol. The highest BCUT2D eigenvalue weighted by atomic mass is 16.5. The molecule has 1 amide bonds. The average molecular weight is 770 g/mol. The molecule has 4 aliphatic rings. The van der Waals surface area contributed by atoms with E-state index in [0.717, 1.165) is 29.6 Å². The molecule has 1 aromatic carbocycles. The summed E-state index contributed by atoms with van der Waals surface area (Å²) in [5.74, 6) is 5.19. The molecule has 2 heterocycles. The summed E-state index contributed by atoms with van der Waals surface area (Å²) in [7, 11) is 0. The van der Waals surface area contributed by atoms with Gasteiger partial charge in [0, 0.05) is 37.3 Å². The van der Waals surface area contributed by atoms with E-state index in [2.05, 4.69) is 42.1 Å². The van der Waals surface area contributed by atoms with Crippen molar-refractivity contribution in [1.29, 1.82) is 0 Å². The lowest BCUT2D eigenvalue weighted by Crippen LogP contribution is -2.59. The van der Waals surface area contributed by atoms with Crippen LogP contribution in [0.5, 0.6) is 0 Å². The van der Waals surface area contributed by atoms with Crippen molar-refractivity contribution in [2.45, 2.75) is 122 Å². The van der Waals surface area contributed by atoms with Gasteiger partial charge in [-0.2, -0.15) is 0 Å². The topological polar surface area (TPSA) is 174 Å². The normalized spacial score (nSPS) is 34.0. The van der Waals surface area contributed by atoms with Crippen molar-refractivity contribution < 1.29 is 34.8 Å². The summed E-state index contributed by atoms with van der Waals surface area (Å²) in [6, 6.07) is 4.73. The van der Waals surface area contributed by atoms with Gasteiger partial charge < -0.3 is 36.2 Å². The van der Waals surface area contributed by atoms with Crippen molar-refractivity contribution in [2.24, 2.45) is 23.0 Å². The summed E-state index contributed by atoms with van der Waals surface area (Å²) in [6.07, 6.45) is 11.2. The Morgan fingerprint density at radius 1 is 1.23 bits per heavy atom. The van der Waals surface area contributed by atoms with Crippen molar-refractivity contribution in [3.63, 3.8) is 0 Å². The smallest absolute Gasteiger partial charge is 0.243 e. The number of benzene rings is 1. The Morgan fingerprint density at radius 2 is 2.02 bits per heavy atom. The van der Waals surface area contributed by atoms with Crippen LogP contribution in [0.15, 0.2) is 76.9 Å². The summed E-state index contributed by atoms with van der Waals surface area (Å²) in [4.78, 5) is 27.6. The maximum atomic E-state index is 14.4. The minimum Gasteiger partial charge on any atom is -0.396 e. The first-order chi connectivity index (χ1) is 26.7. The van der Waals surface area contributed by atoms with Crippen LogP contribution in [0.3, 0.4) is 0 Å². The molecule has 0 saturated heterocycles. The van der Waals surface area contributed by atoms with E-state index >= 15 is 0 Å². The number of nitrogens with one attached hydrogen (secondary N) is 2. The van der Waals surface area contributed by atoms with Gasteiger partial charge >= 0.3 is 0 Å². The van der Waals surface area contributed by atoms with Crippen LogP contribution in [-0.4, -0.2) is 76.3 Å². The number of aliphatic hydroxyl groups excluding tert-OH is 3. The number of allylic oxidation sites excluding steroid dienone is 8. The number of rotatable bonds is 10. The third kappa shape index (κ3) is 9.54. The number of hydrogen-bond acceptors (Lipinski definition) is 9. The molecule has 8 atom stereocenters. The number of Topliss-reactive ketones (excluding diaryl/α,β-unsaturated/α-hetero) is 1. The second-order valence-electron chi connectivity index (χ2n) is 16.5. The summed E-state index contributed by atoms with van der Waals surface area (Å²) in [5, 5.41) is 50.9. The maximum Gasteiger partial charge on any atom is 0.243 e. The molecule has 2 aliphatic heterocycles. The van der Waals surface area contributed by atoms with Crippen LogP contribution in [0.25, 0.3) is 0 Å². The van der Waals surface area contributed by atoms with Crippen LogP contribution in [0, 0.1) is 29.1 Å². The Balaban J connectivity index is 1.49. The lowest BCUT2D eigenvalue weighted by atomic mass is 9.52. The predicted molar refractivity (Wildman–Crippen MR) is 219 cm³/mol. The largest absolute Gasteiger partial charge is 0.396 e. The molecule has 5 rings (SSSR count). The molecule has 304 valence electrons. The summed E-state index contributed by atoms with van der Waals surface area (Å²) < 4.78 is 6.07. The van der Waals surface area contributed by atoms with E-state index in [9.17, 15) is 30.0 Å². The molecule has 56 heavy (non-hydrogen) atoms. The molecule has 0 radical (unpaired) electrons. The average Bonchev–Trinajstić information content (AvgIpc) is 3.49. The molecule has 2 aliphatic carbocycles. The molecule has 2 saturated carbocycles. The first kappa shape index (κ1) is 43.5. The summed E-state index contributed by atoms with van der Waals surface area (Å²) in [6.45, 7) is 12.2. The lowest BCUT2D eigenvalue weighted by molar-refractivity contribution is -0.167. The molecule has 8 N–H and O–H groups in total. The number of hydrogen-bond donors (Lipinski definition) is 7. The number of ether oxygens (including phenoxy) is 1. The van der Waals surface area contributed by atoms with E-state index in [1.165, 1.54) is 5.57 Å². The molecule has 1 spiro atoms. The molecule has 0 unspecified atom stereocenters. The fourth-order valence-electron chi connectivity index (χ4n) is 9.61. The monoisotopic (exact) mass is 769 g/mol. The standard InChI is InChI=1S/C46H63N3O7/c1-29-12-6-7-25-56-28-34(17-9-15-30(2)14-8-13-29)36-21-23-46(42(36)53)38(19-11-24-50)35(20-22-45(46,5)55)32(4)39(52)26-33-16-10-18-37-40(33)41(48-27-31(3)51)44(54)49-43(37)47/h9-10,13,15-18,31,36,38,41-43,48,50-51,53,55H,2,8,11-12,14,19-28,47H2,1,3-5H3,(H,49,54)/b15-9+,29-13+,34-17-,35-32+/t31-,36+,38+,41-,42+,43-,45+,46+/m0/s1. The van der Waals surface area contributed by atoms with Gasteiger partial charge in [-0.3, -0.25) is 14.9 Å². The first-order valence-electron chi connectivity index (χ1n) is 20.3. The van der Waals surface area contributed by atoms with Gasteiger partial charge in [-0.05, 0) is 113 Å². The number of aliphatic hydroxyl groups is 4. The Hall–Kier alpha value is -3.66. The van der Waals surface area contributed by atoms with Gasteiger partial charge in [0.2, 0.25) is 5.91 Å². The van der Waals surface area contributed by atoms with Gasteiger partial charge in [-0.15, -0.1) is 0 Å². The Bertz CT molecular complexity index is 1810. The van der Waals surface area contributed by atoms with Gasteiger partial charge in [-0.1, -0.05) is 77.6 Å². The number of nitrogens with two attached hydrogens (primary N) is 1. The SMILES string of the molecule is C=C1/C=C/C=C(\[C@H]2CC[C@@]3([C@H](CCCO)/C(=C(\C)C(=O)Cc4cccc5c4[C@H](NC[C@H](C)O)C(=O)N[C@@H]5N)CC[C@@]3(C)O)[C@@H]2O)COCC#CC/C(C)=C/CC1. The molecule has 1 aromatic rings. The van der Waals surface area contributed by atoms with Crippen LogP contribution in [0.2, 0.25) is 0 Å². The zero-order chi connectivity index (χ0) is 40.6.